The fraction of sp³-hybridized carbons (Fsp3) is 1.00. The topological polar surface area (TPSA) is 29.5 Å². The highest BCUT2D eigenvalue weighted by atomic mass is 16.6. The first-order chi connectivity index (χ1) is 13.7. The second kappa shape index (κ2) is 23.2. The van der Waals surface area contributed by atoms with Crippen molar-refractivity contribution in [2.24, 2.45) is 5.92 Å². The summed E-state index contributed by atoms with van der Waals surface area (Å²) in [5.41, 5.74) is 0. The summed E-state index contributed by atoms with van der Waals surface area (Å²) in [4.78, 5) is 0. The molecule has 2 nitrogen and oxygen atoms in total. The Morgan fingerprint density at radius 1 is 0.500 bits per heavy atom. The van der Waals surface area contributed by atoms with E-state index in [9.17, 15) is 5.11 Å². The van der Waals surface area contributed by atoms with Gasteiger partial charge in [-0.25, -0.2) is 0 Å². The van der Waals surface area contributed by atoms with E-state index < -0.39 is 6.29 Å². The Bertz CT molecular complexity index is 280. The van der Waals surface area contributed by atoms with Crippen molar-refractivity contribution in [2.75, 3.05) is 6.61 Å². The van der Waals surface area contributed by atoms with Gasteiger partial charge in [0.15, 0.2) is 6.29 Å². The standard InChI is InChI=1S/C26H54O2/c1-4-7-10-12-14-15-17-20-22-25(21-19-16-13-11-8-5-2)24-28-26(27)23-18-9-6-3/h25-27H,4-24H2,1-3H3. The third kappa shape index (κ3) is 20.6. The van der Waals surface area contributed by atoms with Crippen LogP contribution >= 0.6 is 0 Å². The Hall–Kier alpha value is -0.0800. The average Bonchev–Trinajstić information content (AvgIpc) is 2.70. The van der Waals surface area contributed by atoms with Gasteiger partial charge >= 0.3 is 0 Å². The molecule has 0 amide bonds. The largest absolute Gasteiger partial charge is 0.368 e. The Labute approximate surface area is 178 Å². The lowest BCUT2D eigenvalue weighted by molar-refractivity contribution is -0.115. The lowest BCUT2D eigenvalue weighted by atomic mass is 9.94. The molecule has 28 heavy (non-hydrogen) atoms. The van der Waals surface area contributed by atoms with Crippen LogP contribution in [0.1, 0.15) is 149 Å². The minimum Gasteiger partial charge on any atom is -0.368 e. The van der Waals surface area contributed by atoms with Crippen molar-refractivity contribution in [1.82, 2.24) is 0 Å². The fourth-order valence-corrected chi connectivity index (χ4v) is 3.99. The van der Waals surface area contributed by atoms with E-state index in [4.69, 9.17) is 4.74 Å². The van der Waals surface area contributed by atoms with Crippen molar-refractivity contribution in [2.45, 2.75) is 155 Å². The summed E-state index contributed by atoms with van der Waals surface area (Å²) in [6, 6.07) is 0. The van der Waals surface area contributed by atoms with Crippen LogP contribution in [-0.2, 0) is 4.74 Å². The molecule has 0 aliphatic carbocycles. The molecule has 0 saturated carbocycles. The van der Waals surface area contributed by atoms with Gasteiger partial charge in [-0.2, -0.15) is 0 Å². The van der Waals surface area contributed by atoms with Crippen molar-refractivity contribution in [1.29, 1.82) is 0 Å². The Kier molecular flexibility index (Phi) is 23.1. The fourth-order valence-electron chi connectivity index (χ4n) is 3.99. The van der Waals surface area contributed by atoms with E-state index in [0.29, 0.717) is 5.92 Å². The average molecular weight is 399 g/mol. The molecule has 0 radical (unpaired) electrons. The molecule has 0 bridgehead atoms. The van der Waals surface area contributed by atoms with Crippen molar-refractivity contribution < 1.29 is 9.84 Å². The number of hydrogen-bond acceptors (Lipinski definition) is 2. The zero-order valence-electron chi connectivity index (χ0n) is 19.9. The van der Waals surface area contributed by atoms with Gasteiger partial charge in [0.25, 0.3) is 0 Å². The van der Waals surface area contributed by atoms with Gasteiger partial charge in [0.1, 0.15) is 0 Å². The highest BCUT2D eigenvalue weighted by molar-refractivity contribution is 4.61. The molecule has 0 aliphatic heterocycles. The quantitative estimate of drug-likeness (QED) is 0.138. The summed E-state index contributed by atoms with van der Waals surface area (Å²) in [6.45, 7) is 7.53. The molecule has 0 aromatic rings. The smallest absolute Gasteiger partial charge is 0.154 e. The maximum atomic E-state index is 10.1. The molecular formula is C26H54O2. The predicted octanol–water partition coefficient (Wildman–Crippen LogP) is 8.80. The molecule has 0 aromatic carbocycles. The molecule has 0 fully saturated rings. The summed E-state index contributed by atoms with van der Waals surface area (Å²) in [5.74, 6) is 0.645. The van der Waals surface area contributed by atoms with Gasteiger partial charge in [0.2, 0.25) is 0 Å². The van der Waals surface area contributed by atoms with Crippen molar-refractivity contribution in [3.8, 4) is 0 Å². The lowest BCUT2D eigenvalue weighted by Gasteiger charge is -2.20. The summed E-state index contributed by atoms with van der Waals surface area (Å²) >= 11 is 0. The van der Waals surface area contributed by atoms with Gasteiger partial charge in [-0.3, -0.25) is 0 Å². The van der Waals surface area contributed by atoms with Crippen molar-refractivity contribution in [3.05, 3.63) is 0 Å². The minimum atomic E-state index is -0.544. The van der Waals surface area contributed by atoms with Gasteiger partial charge in [-0.05, 0) is 31.6 Å². The van der Waals surface area contributed by atoms with Crippen LogP contribution in [0.25, 0.3) is 0 Å². The van der Waals surface area contributed by atoms with Gasteiger partial charge in [0.05, 0.1) is 6.61 Å². The number of aliphatic hydroxyl groups excluding tert-OH is 1. The Morgan fingerprint density at radius 3 is 1.32 bits per heavy atom. The molecular weight excluding hydrogens is 344 g/mol. The Morgan fingerprint density at radius 2 is 0.857 bits per heavy atom. The maximum absolute atomic E-state index is 10.1. The molecule has 0 saturated heterocycles. The number of hydrogen-bond donors (Lipinski definition) is 1. The number of unbranched alkanes of at least 4 members (excludes halogenated alkanes) is 14. The third-order valence-electron chi connectivity index (χ3n) is 6.01. The molecule has 2 atom stereocenters. The molecule has 0 rings (SSSR count). The van der Waals surface area contributed by atoms with Crippen LogP contribution in [0.5, 0.6) is 0 Å². The summed E-state index contributed by atoms with van der Waals surface area (Å²) in [7, 11) is 0. The second-order valence-corrected chi connectivity index (χ2v) is 8.97. The molecule has 0 spiro atoms. The van der Waals surface area contributed by atoms with Crippen molar-refractivity contribution in [3.63, 3.8) is 0 Å². The van der Waals surface area contributed by atoms with Crippen LogP contribution < -0.4 is 0 Å². The zero-order chi connectivity index (χ0) is 20.7. The van der Waals surface area contributed by atoms with Crippen LogP contribution in [0.15, 0.2) is 0 Å². The van der Waals surface area contributed by atoms with E-state index in [1.54, 1.807) is 0 Å². The first-order valence-electron chi connectivity index (χ1n) is 13.0. The van der Waals surface area contributed by atoms with Crippen LogP contribution in [0.2, 0.25) is 0 Å². The Balaban J connectivity index is 3.93. The van der Waals surface area contributed by atoms with E-state index in [1.807, 2.05) is 0 Å². The van der Waals surface area contributed by atoms with Crippen LogP contribution in [0.4, 0.5) is 0 Å². The molecule has 2 heteroatoms. The number of aliphatic hydroxyl groups is 1. The zero-order valence-corrected chi connectivity index (χ0v) is 19.9. The van der Waals surface area contributed by atoms with Crippen LogP contribution in [-0.4, -0.2) is 18.0 Å². The molecule has 0 heterocycles. The van der Waals surface area contributed by atoms with E-state index in [-0.39, 0.29) is 0 Å². The van der Waals surface area contributed by atoms with Crippen LogP contribution in [0, 0.1) is 5.92 Å². The minimum absolute atomic E-state index is 0.544. The van der Waals surface area contributed by atoms with E-state index in [2.05, 4.69) is 20.8 Å². The van der Waals surface area contributed by atoms with Crippen LogP contribution in [0.3, 0.4) is 0 Å². The molecule has 0 aromatic heterocycles. The molecule has 0 aliphatic rings. The predicted molar refractivity (Wildman–Crippen MR) is 125 cm³/mol. The molecule has 1 N–H and O–H groups in total. The first kappa shape index (κ1) is 27.9. The van der Waals surface area contributed by atoms with E-state index >= 15 is 0 Å². The maximum Gasteiger partial charge on any atom is 0.154 e. The monoisotopic (exact) mass is 398 g/mol. The molecule has 170 valence electrons. The van der Waals surface area contributed by atoms with Gasteiger partial charge in [-0.1, -0.05) is 124 Å². The van der Waals surface area contributed by atoms with Gasteiger partial charge in [-0.15, -0.1) is 0 Å². The first-order valence-corrected chi connectivity index (χ1v) is 13.0. The number of rotatable bonds is 23. The van der Waals surface area contributed by atoms with Gasteiger partial charge in [0, 0.05) is 0 Å². The number of ether oxygens (including phenoxy) is 1. The molecule has 2 unspecified atom stereocenters. The highest BCUT2D eigenvalue weighted by Crippen LogP contribution is 2.21. The van der Waals surface area contributed by atoms with Crippen molar-refractivity contribution >= 4 is 0 Å². The summed E-state index contributed by atoms with van der Waals surface area (Å²) in [6.07, 6.45) is 25.6. The van der Waals surface area contributed by atoms with E-state index in [1.165, 1.54) is 116 Å². The highest BCUT2D eigenvalue weighted by Gasteiger charge is 2.12. The third-order valence-corrected chi connectivity index (χ3v) is 6.01. The van der Waals surface area contributed by atoms with E-state index in [0.717, 1.165) is 19.4 Å². The summed E-state index contributed by atoms with van der Waals surface area (Å²) in [5, 5.41) is 10.1. The second-order valence-electron chi connectivity index (χ2n) is 8.97. The van der Waals surface area contributed by atoms with Gasteiger partial charge < -0.3 is 9.84 Å². The summed E-state index contributed by atoms with van der Waals surface area (Å²) < 4.78 is 5.82. The SMILES string of the molecule is CCCCCCCCCCC(CCCCCCCC)COC(O)CCCCC. The normalized spacial score (nSPS) is 13.7. The lowest BCUT2D eigenvalue weighted by Crippen LogP contribution is -2.18.